The van der Waals surface area contributed by atoms with Crippen LogP contribution in [0.2, 0.25) is 0 Å². The second-order valence-electron chi connectivity index (χ2n) is 5.61. The summed E-state index contributed by atoms with van der Waals surface area (Å²) in [6.45, 7) is -0.270. The maximum absolute atomic E-state index is 12.9. The van der Waals surface area contributed by atoms with Crippen LogP contribution < -0.4 is 20.1 Å². The molecule has 28 heavy (non-hydrogen) atoms. The molecule has 0 radical (unpaired) electrons. The van der Waals surface area contributed by atoms with Gasteiger partial charge in [0.25, 0.3) is 17.0 Å². The molecule has 9 heteroatoms. The van der Waals surface area contributed by atoms with Crippen LogP contribution in [-0.2, 0) is 14.3 Å². The summed E-state index contributed by atoms with van der Waals surface area (Å²) in [6, 6.07) is 10.3. The Morgan fingerprint density at radius 2 is 2.00 bits per heavy atom. The molecule has 0 atom stereocenters. The molecule has 1 aliphatic heterocycles. The van der Waals surface area contributed by atoms with Crippen LogP contribution in [0.1, 0.15) is 5.56 Å². The molecule has 0 bridgehead atoms. The van der Waals surface area contributed by atoms with Crippen molar-refractivity contribution in [1.82, 2.24) is 5.32 Å². The predicted octanol–water partition coefficient (Wildman–Crippen LogP) is 2.62. The van der Waals surface area contributed by atoms with Crippen molar-refractivity contribution in [2.45, 2.75) is 0 Å². The molecule has 0 unspecified atom stereocenters. The van der Waals surface area contributed by atoms with Gasteiger partial charge < -0.3 is 19.5 Å². The van der Waals surface area contributed by atoms with Crippen LogP contribution in [-0.4, -0.2) is 30.7 Å². The molecule has 1 aliphatic rings. The van der Waals surface area contributed by atoms with E-state index in [1.165, 1.54) is 37.5 Å². The van der Waals surface area contributed by atoms with E-state index in [-0.39, 0.29) is 17.5 Å². The van der Waals surface area contributed by atoms with Crippen molar-refractivity contribution in [3.05, 3.63) is 59.6 Å². The van der Waals surface area contributed by atoms with E-state index < -0.39 is 17.6 Å². The Labute approximate surface area is 165 Å². The number of halogens is 1. The molecule has 1 fully saturated rings. The summed E-state index contributed by atoms with van der Waals surface area (Å²) < 4.78 is 28.7. The molecule has 1 heterocycles. The minimum atomic E-state index is -0.429. The van der Waals surface area contributed by atoms with Crippen molar-refractivity contribution in [3.63, 3.8) is 0 Å². The Hall–Kier alpha value is -3.46. The minimum absolute atomic E-state index is 0.00432. The molecule has 0 spiro atoms. The van der Waals surface area contributed by atoms with Gasteiger partial charge in [-0.3, -0.25) is 14.9 Å². The van der Waals surface area contributed by atoms with E-state index in [0.717, 1.165) is 0 Å². The third kappa shape index (κ3) is 4.83. The number of carbonyl (C=O) groups excluding carboxylic acids is 2. The number of rotatable bonds is 6. The molecule has 0 aromatic heterocycles. The van der Waals surface area contributed by atoms with Crippen LogP contribution in [0, 0.1) is 5.82 Å². The number of benzene rings is 2. The molecule has 2 N–H and O–H groups in total. The molecule has 2 aromatic carbocycles. The summed E-state index contributed by atoms with van der Waals surface area (Å²) in [7, 11) is 1.45. The summed E-state index contributed by atoms with van der Waals surface area (Å²) in [4.78, 5) is 23.6. The molecule has 3 rings (SSSR count). The zero-order valence-electron chi connectivity index (χ0n) is 14.7. The topological polar surface area (TPSA) is 85.9 Å². The van der Waals surface area contributed by atoms with E-state index in [2.05, 4.69) is 10.6 Å². The second kappa shape index (κ2) is 8.49. The smallest absolute Gasteiger partial charge is 0.294 e. The summed E-state index contributed by atoms with van der Waals surface area (Å²) >= 11 is 4.77. The van der Waals surface area contributed by atoms with E-state index in [4.69, 9.17) is 26.4 Å². The SMILES string of the molecule is COc1cc(/C=C2/OC(=S)NC2=O)ccc1OCC(=O)Nc1ccc(F)cc1. The Morgan fingerprint density at radius 3 is 2.64 bits per heavy atom. The highest BCUT2D eigenvalue weighted by atomic mass is 32.1. The average molecular weight is 402 g/mol. The number of carbonyl (C=O) groups is 2. The number of methoxy groups -OCH3 is 1. The fourth-order valence-electron chi connectivity index (χ4n) is 2.34. The lowest BCUT2D eigenvalue weighted by Gasteiger charge is -2.11. The fraction of sp³-hybridized carbons (Fsp3) is 0.105. The standard InChI is InChI=1S/C19H15FN2O5S/c1-25-15-8-11(9-16-18(24)22-19(28)27-16)2-7-14(15)26-10-17(23)21-13-5-3-12(20)4-6-13/h2-9H,10H2,1H3,(H,21,23)(H,22,24,28)/b16-9+. The lowest BCUT2D eigenvalue weighted by molar-refractivity contribution is -0.118. The van der Waals surface area contributed by atoms with Gasteiger partial charge >= 0.3 is 0 Å². The van der Waals surface area contributed by atoms with Gasteiger partial charge in [0.05, 0.1) is 7.11 Å². The summed E-state index contributed by atoms with van der Waals surface area (Å²) in [5.74, 6) is -0.460. The van der Waals surface area contributed by atoms with E-state index in [0.29, 0.717) is 22.7 Å². The number of ether oxygens (including phenoxy) is 3. The van der Waals surface area contributed by atoms with Crippen molar-refractivity contribution in [2.24, 2.45) is 0 Å². The van der Waals surface area contributed by atoms with Gasteiger partial charge in [-0.2, -0.15) is 0 Å². The quantitative estimate of drug-likeness (QED) is 0.571. The zero-order valence-corrected chi connectivity index (χ0v) is 15.5. The van der Waals surface area contributed by atoms with E-state index >= 15 is 0 Å². The Morgan fingerprint density at radius 1 is 1.25 bits per heavy atom. The Kier molecular flexibility index (Phi) is 5.85. The Balaban J connectivity index is 1.64. The molecule has 7 nitrogen and oxygen atoms in total. The van der Waals surface area contributed by atoms with Gasteiger partial charge in [-0.1, -0.05) is 6.07 Å². The fourth-order valence-corrected chi connectivity index (χ4v) is 2.52. The first-order chi connectivity index (χ1) is 13.4. The van der Waals surface area contributed by atoms with Gasteiger partial charge in [-0.05, 0) is 60.3 Å². The van der Waals surface area contributed by atoms with Gasteiger partial charge in [0.1, 0.15) is 5.82 Å². The second-order valence-corrected chi connectivity index (χ2v) is 5.98. The third-order valence-corrected chi connectivity index (χ3v) is 3.80. The Bertz CT molecular complexity index is 959. The summed E-state index contributed by atoms with van der Waals surface area (Å²) in [6.07, 6.45) is 1.50. The first-order valence-corrected chi connectivity index (χ1v) is 8.46. The molecule has 0 saturated carbocycles. The number of amides is 2. The highest BCUT2D eigenvalue weighted by Gasteiger charge is 2.23. The summed E-state index contributed by atoms with van der Waals surface area (Å²) in [5.41, 5.74) is 1.08. The first kappa shape index (κ1) is 19.3. The predicted molar refractivity (Wildman–Crippen MR) is 103 cm³/mol. The van der Waals surface area contributed by atoms with Crippen LogP contribution in [0.4, 0.5) is 10.1 Å². The van der Waals surface area contributed by atoms with Crippen molar-refractivity contribution >= 4 is 41.0 Å². The maximum atomic E-state index is 12.9. The highest BCUT2D eigenvalue weighted by Crippen LogP contribution is 2.29. The lowest BCUT2D eigenvalue weighted by Crippen LogP contribution is -2.20. The van der Waals surface area contributed by atoms with Crippen molar-refractivity contribution in [3.8, 4) is 11.5 Å². The van der Waals surface area contributed by atoms with Crippen LogP contribution in [0.15, 0.2) is 48.2 Å². The molecule has 0 aliphatic carbocycles. The molecule has 2 aromatic rings. The van der Waals surface area contributed by atoms with E-state index in [1.807, 2.05) is 0 Å². The van der Waals surface area contributed by atoms with E-state index in [9.17, 15) is 14.0 Å². The molecule has 1 saturated heterocycles. The largest absolute Gasteiger partial charge is 0.493 e. The highest BCUT2D eigenvalue weighted by molar-refractivity contribution is 7.80. The van der Waals surface area contributed by atoms with Crippen LogP contribution in [0.5, 0.6) is 11.5 Å². The van der Waals surface area contributed by atoms with Gasteiger partial charge in [0, 0.05) is 5.69 Å². The third-order valence-electron chi connectivity index (χ3n) is 3.61. The minimum Gasteiger partial charge on any atom is -0.493 e. The molecular weight excluding hydrogens is 387 g/mol. The number of thiocarbonyl (C=S) groups is 1. The number of hydrogen-bond acceptors (Lipinski definition) is 6. The monoisotopic (exact) mass is 402 g/mol. The average Bonchev–Trinajstić information content (AvgIpc) is 2.99. The molecular formula is C19H15FN2O5S. The number of anilines is 1. The van der Waals surface area contributed by atoms with Gasteiger partial charge in [-0.15, -0.1) is 0 Å². The van der Waals surface area contributed by atoms with Crippen molar-refractivity contribution in [1.29, 1.82) is 0 Å². The molecule has 2 amide bonds. The lowest BCUT2D eigenvalue weighted by atomic mass is 10.1. The van der Waals surface area contributed by atoms with Gasteiger partial charge in [-0.25, -0.2) is 4.39 Å². The van der Waals surface area contributed by atoms with Crippen molar-refractivity contribution in [2.75, 3.05) is 19.0 Å². The summed E-state index contributed by atoms with van der Waals surface area (Å²) in [5, 5.41) is 4.95. The van der Waals surface area contributed by atoms with Crippen LogP contribution in [0.25, 0.3) is 6.08 Å². The van der Waals surface area contributed by atoms with Gasteiger partial charge in [0.15, 0.2) is 23.9 Å². The van der Waals surface area contributed by atoms with Crippen LogP contribution >= 0.6 is 12.2 Å². The number of hydrogen-bond donors (Lipinski definition) is 2. The maximum Gasteiger partial charge on any atom is 0.294 e. The zero-order chi connectivity index (χ0) is 20.1. The van der Waals surface area contributed by atoms with E-state index in [1.54, 1.807) is 18.2 Å². The van der Waals surface area contributed by atoms with Gasteiger partial charge in [0.2, 0.25) is 0 Å². The van der Waals surface area contributed by atoms with Crippen molar-refractivity contribution < 1.29 is 28.2 Å². The first-order valence-electron chi connectivity index (χ1n) is 8.06. The molecule has 144 valence electrons. The van der Waals surface area contributed by atoms with Crippen LogP contribution in [0.3, 0.4) is 0 Å². The normalized spacial score (nSPS) is 14.4. The number of nitrogens with one attached hydrogen (secondary N) is 2.